The van der Waals surface area contributed by atoms with E-state index in [2.05, 4.69) is 5.32 Å². The molecule has 2 amide bonds. The fourth-order valence-electron chi connectivity index (χ4n) is 3.12. The number of nitrogens with one attached hydrogen (secondary N) is 1. The number of hydrogen-bond acceptors (Lipinski definition) is 4. The summed E-state index contributed by atoms with van der Waals surface area (Å²) in [5, 5.41) is 3.89. The molecule has 1 unspecified atom stereocenters. The second-order valence-electron chi connectivity index (χ2n) is 7.45. The summed E-state index contributed by atoms with van der Waals surface area (Å²) in [7, 11) is 1.73. The van der Waals surface area contributed by atoms with Crippen LogP contribution in [-0.4, -0.2) is 30.4 Å². The van der Waals surface area contributed by atoms with Crippen LogP contribution < -0.4 is 10.1 Å². The predicted molar refractivity (Wildman–Crippen MR) is 111 cm³/mol. The van der Waals surface area contributed by atoms with Gasteiger partial charge >= 0.3 is 0 Å². The lowest BCUT2D eigenvalue weighted by Gasteiger charge is -2.23. The Balaban J connectivity index is 1.35. The van der Waals surface area contributed by atoms with E-state index in [1.165, 1.54) is 0 Å². The van der Waals surface area contributed by atoms with Crippen molar-refractivity contribution in [1.82, 2.24) is 4.90 Å². The average molecular weight is 392 g/mol. The number of hydrogen-bond donors (Lipinski definition) is 1. The molecule has 3 aromatic rings. The van der Waals surface area contributed by atoms with Gasteiger partial charge < -0.3 is 19.4 Å². The van der Waals surface area contributed by atoms with Gasteiger partial charge in [0.2, 0.25) is 5.91 Å². The molecule has 1 aliphatic rings. The van der Waals surface area contributed by atoms with Crippen LogP contribution in [0.1, 0.15) is 31.6 Å². The highest BCUT2D eigenvalue weighted by Crippen LogP contribution is 2.31. The second-order valence-corrected chi connectivity index (χ2v) is 7.45. The number of rotatable bonds is 7. The molecule has 1 aliphatic carbocycles. The van der Waals surface area contributed by atoms with E-state index in [0.29, 0.717) is 11.4 Å². The third-order valence-electron chi connectivity index (χ3n) is 5.24. The van der Waals surface area contributed by atoms with Crippen molar-refractivity contribution in [2.45, 2.75) is 25.8 Å². The first-order chi connectivity index (χ1) is 14.0. The number of ether oxygens (including phenoxy) is 1. The van der Waals surface area contributed by atoms with Gasteiger partial charge in [-0.2, -0.15) is 0 Å². The van der Waals surface area contributed by atoms with Crippen molar-refractivity contribution in [3.05, 3.63) is 60.4 Å². The van der Waals surface area contributed by atoms with E-state index in [-0.39, 0.29) is 30.4 Å². The van der Waals surface area contributed by atoms with E-state index in [1.54, 1.807) is 30.1 Å². The van der Waals surface area contributed by atoms with Gasteiger partial charge in [0.15, 0.2) is 6.61 Å². The number of furan rings is 1. The zero-order valence-electron chi connectivity index (χ0n) is 16.6. The smallest absolute Gasteiger partial charge is 0.260 e. The molecule has 6 nitrogen and oxygen atoms in total. The van der Waals surface area contributed by atoms with E-state index in [1.807, 2.05) is 43.3 Å². The number of likely N-dealkylation sites (N-methyl/N-ethyl adjacent to an activating group) is 1. The van der Waals surface area contributed by atoms with Crippen LogP contribution in [0.3, 0.4) is 0 Å². The average Bonchev–Trinajstić information content (AvgIpc) is 3.50. The standard InChI is InChI=1S/C23H24N2O4/c1-15(21-12-17-6-3-4-9-20(17)29-21)25(2)22(26)14-28-19-8-5-7-18(13-19)24-23(27)16-10-11-16/h3-9,12-13,15-16H,10-11,14H2,1-2H3,(H,24,27). The van der Waals surface area contributed by atoms with E-state index in [0.717, 1.165) is 29.6 Å². The van der Waals surface area contributed by atoms with Gasteiger partial charge in [0.25, 0.3) is 5.91 Å². The molecule has 0 aliphatic heterocycles. The normalized spacial score (nSPS) is 14.4. The van der Waals surface area contributed by atoms with Crippen molar-refractivity contribution in [3.8, 4) is 5.75 Å². The fraction of sp³-hybridized carbons (Fsp3) is 0.304. The maximum atomic E-state index is 12.6. The SMILES string of the molecule is CC(c1cc2ccccc2o1)N(C)C(=O)COc1cccc(NC(=O)C2CC2)c1. The summed E-state index contributed by atoms with van der Waals surface area (Å²) in [4.78, 5) is 26.1. The van der Waals surface area contributed by atoms with E-state index in [4.69, 9.17) is 9.15 Å². The Morgan fingerprint density at radius 3 is 2.72 bits per heavy atom. The number of amides is 2. The van der Waals surface area contributed by atoms with Crippen LogP contribution in [-0.2, 0) is 9.59 Å². The van der Waals surface area contributed by atoms with Crippen molar-refractivity contribution in [3.63, 3.8) is 0 Å². The molecule has 1 saturated carbocycles. The van der Waals surface area contributed by atoms with Gasteiger partial charge in [0.1, 0.15) is 17.1 Å². The monoisotopic (exact) mass is 392 g/mol. The maximum Gasteiger partial charge on any atom is 0.260 e. The van der Waals surface area contributed by atoms with Crippen LogP contribution in [0.5, 0.6) is 5.75 Å². The molecule has 1 fully saturated rings. The van der Waals surface area contributed by atoms with Crippen LogP contribution in [0.4, 0.5) is 5.69 Å². The van der Waals surface area contributed by atoms with Gasteiger partial charge in [-0.25, -0.2) is 0 Å². The van der Waals surface area contributed by atoms with Gasteiger partial charge in [-0.05, 0) is 44.0 Å². The van der Waals surface area contributed by atoms with E-state index < -0.39 is 0 Å². The van der Waals surface area contributed by atoms with Crippen molar-refractivity contribution >= 4 is 28.5 Å². The highest BCUT2D eigenvalue weighted by molar-refractivity contribution is 5.94. The maximum absolute atomic E-state index is 12.6. The lowest BCUT2D eigenvalue weighted by Crippen LogP contribution is -2.33. The van der Waals surface area contributed by atoms with Gasteiger partial charge in [-0.15, -0.1) is 0 Å². The Kier molecular flexibility index (Phi) is 5.25. The molecule has 6 heteroatoms. The molecule has 1 heterocycles. The molecule has 0 spiro atoms. The van der Waals surface area contributed by atoms with Crippen LogP contribution in [0.2, 0.25) is 0 Å². The molecule has 29 heavy (non-hydrogen) atoms. The van der Waals surface area contributed by atoms with Crippen LogP contribution in [0, 0.1) is 5.92 Å². The lowest BCUT2D eigenvalue weighted by atomic mass is 10.2. The molecule has 150 valence electrons. The molecule has 1 atom stereocenters. The van der Waals surface area contributed by atoms with Crippen molar-refractivity contribution in [2.75, 3.05) is 19.0 Å². The van der Waals surface area contributed by atoms with Crippen LogP contribution in [0.15, 0.2) is 59.0 Å². The minimum Gasteiger partial charge on any atom is -0.484 e. The summed E-state index contributed by atoms with van der Waals surface area (Å²) in [5.74, 6) is 1.28. The topological polar surface area (TPSA) is 71.8 Å². The second kappa shape index (κ2) is 7.99. The Hall–Kier alpha value is -3.28. The van der Waals surface area contributed by atoms with Crippen molar-refractivity contribution in [1.29, 1.82) is 0 Å². The first-order valence-electron chi connectivity index (χ1n) is 9.79. The molecule has 0 bridgehead atoms. The lowest BCUT2D eigenvalue weighted by molar-refractivity contribution is -0.134. The zero-order valence-corrected chi connectivity index (χ0v) is 16.6. The number of fused-ring (bicyclic) bond motifs is 1. The Morgan fingerprint density at radius 1 is 1.17 bits per heavy atom. The highest BCUT2D eigenvalue weighted by Gasteiger charge is 2.29. The summed E-state index contributed by atoms with van der Waals surface area (Å²) < 4.78 is 11.5. The van der Waals surface area contributed by atoms with Gasteiger partial charge in [0, 0.05) is 30.1 Å². The summed E-state index contributed by atoms with van der Waals surface area (Å²) in [6.45, 7) is 1.82. The molecule has 2 aromatic carbocycles. The Bertz CT molecular complexity index is 1010. The summed E-state index contributed by atoms with van der Waals surface area (Å²) >= 11 is 0. The number of carbonyl (C=O) groups is 2. The number of anilines is 1. The summed E-state index contributed by atoms with van der Waals surface area (Å²) in [5.41, 5.74) is 1.48. The highest BCUT2D eigenvalue weighted by atomic mass is 16.5. The molecular formula is C23H24N2O4. The summed E-state index contributed by atoms with van der Waals surface area (Å²) in [6.07, 6.45) is 1.90. The largest absolute Gasteiger partial charge is 0.484 e. The Morgan fingerprint density at radius 2 is 1.97 bits per heavy atom. The molecule has 0 saturated heterocycles. The molecule has 0 radical (unpaired) electrons. The van der Waals surface area contributed by atoms with E-state index in [9.17, 15) is 9.59 Å². The van der Waals surface area contributed by atoms with Crippen molar-refractivity contribution < 1.29 is 18.7 Å². The number of benzene rings is 2. The molecule has 1 N–H and O–H groups in total. The van der Waals surface area contributed by atoms with Gasteiger partial charge in [-0.3, -0.25) is 9.59 Å². The van der Waals surface area contributed by atoms with Crippen LogP contribution >= 0.6 is 0 Å². The van der Waals surface area contributed by atoms with Gasteiger partial charge in [-0.1, -0.05) is 24.3 Å². The summed E-state index contributed by atoms with van der Waals surface area (Å²) in [6, 6.07) is 16.6. The number of para-hydroxylation sites is 1. The number of nitrogens with zero attached hydrogens (tertiary/aromatic N) is 1. The predicted octanol–water partition coefficient (Wildman–Crippen LogP) is 4.38. The third kappa shape index (κ3) is 4.42. The third-order valence-corrected chi connectivity index (χ3v) is 5.24. The molecular weight excluding hydrogens is 368 g/mol. The molecule has 1 aromatic heterocycles. The fourth-order valence-corrected chi connectivity index (χ4v) is 3.12. The minimum atomic E-state index is -0.220. The van der Waals surface area contributed by atoms with Crippen molar-refractivity contribution in [2.24, 2.45) is 5.92 Å². The zero-order chi connectivity index (χ0) is 20.4. The first-order valence-corrected chi connectivity index (χ1v) is 9.79. The quantitative estimate of drug-likeness (QED) is 0.648. The van der Waals surface area contributed by atoms with Crippen LogP contribution in [0.25, 0.3) is 11.0 Å². The minimum absolute atomic E-state index is 0.0395. The Labute approximate surface area is 169 Å². The number of carbonyl (C=O) groups excluding carboxylic acids is 2. The first kappa shape index (κ1) is 19.1. The molecule has 4 rings (SSSR count). The van der Waals surface area contributed by atoms with Gasteiger partial charge in [0.05, 0.1) is 6.04 Å². The van der Waals surface area contributed by atoms with E-state index >= 15 is 0 Å².